The molecule has 0 rings (SSSR count). The minimum atomic E-state index is 0.504. The van der Waals surface area contributed by atoms with Gasteiger partial charge in [0.1, 0.15) is 6.07 Å². The molecule has 0 heterocycles. The molecule has 0 aromatic heterocycles. The van der Waals surface area contributed by atoms with E-state index in [-0.39, 0.29) is 0 Å². The fraction of sp³-hybridized carbons (Fsp3) is 0.429. The zero-order valence-electron chi connectivity index (χ0n) is 5.79. The number of rotatable bonds is 3. The third-order valence-electron chi connectivity index (χ3n) is 0.768. The maximum Gasteiger partial charge on any atom is 0.107 e. The van der Waals surface area contributed by atoms with Crippen LogP contribution in [0.4, 0.5) is 0 Å². The Balaban J connectivity index is 3.78. The number of allylic oxidation sites excluding steroid dienone is 2. The summed E-state index contributed by atoms with van der Waals surface area (Å²) >= 11 is 1.42. The number of hydrogen-bond acceptors (Lipinski definition) is 3. The highest BCUT2D eigenvalue weighted by molar-refractivity contribution is 8.03. The zero-order valence-corrected chi connectivity index (χ0v) is 6.61. The molecule has 0 saturated heterocycles. The van der Waals surface area contributed by atoms with E-state index < -0.39 is 0 Å². The topological polar surface area (TPSA) is 47.6 Å². The van der Waals surface area contributed by atoms with Crippen molar-refractivity contribution in [3.63, 3.8) is 0 Å². The van der Waals surface area contributed by atoms with Crippen LogP contribution < -0.4 is 0 Å². The summed E-state index contributed by atoms with van der Waals surface area (Å²) in [6.45, 7) is 2.04. The highest BCUT2D eigenvalue weighted by atomic mass is 32.2. The molecule has 52 valence electrons. The normalized spacial score (nSPS) is 10.1. The van der Waals surface area contributed by atoms with Crippen LogP contribution in [0.5, 0.6) is 0 Å². The van der Waals surface area contributed by atoms with Crippen LogP contribution in [0.15, 0.2) is 11.0 Å². The third-order valence-corrected chi connectivity index (χ3v) is 1.90. The lowest BCUT2D eigenvalue weighted by molar-refractivity contribution is 1.11. The van der Waals surface area contributed by atoms with Gasteiger partial charge in [-0.2, -0.15) is 10.5 Å². The lowest BCUT2D eigenvalue weighted by atomic mass is 10.5. The Kier molecular flexibility index (Phi) is 5.62. The molecule has 0 spiro atoms. The summed E-state index contributed by atoms with van der Waals surface area (Å²) in [6.07, 6.45) is 2.30. The van der Waals surface area contributed by atoms with E-state index in [2.05, 4.69) is 0 Å². The van der Waals surface area contributed by atoms with Crippen molar-refractivity contribution in [1.82, 2.24) is 0 Å². The molecule has 0 aromatic rings. The standard InChI is InChI=1S/C7H8N2S/c1-2-5-10-7(6-9)3-4-8/h3H,2,5H2,1H3. The van der Waals surface area contributed by atoms with Gasteiger partial charge in [0.2, 0.25) is 0 Å². The van der Waals surface area contributed by atoms with Gasteiger partial charge in [-0.05, 0) is 12.2 Å². The molecule has 0 atom stereocenters. The summed E-state index contributed by atoms with van der Waals surface area (Å²) in [5, 5.41) is 16.6. The van der Waals surface area contributed by atoms with E-state index in [4.69, 9.17) is 10.5 Å². The average Bonchev–Trinajstić information content (AvgIpc) is 1.98. The molecule has 0 aromatic carbocycles. The van der Waals surface area contributed by atoms with Crippen molar-refractivity contribution in [3.05, 3.63) is 11.0 Å². The fourth-order valence-electron chi connectivity index (χ4n) is 0.377. The molecule has 10 heavy (non-hydrogen) atoms. The predicted octanol–water partition coefficient (Wildman–Crippen LogP) is 2.06. The van der Waals surface area contributed by atoms with Crippen molar-refractivity contribution in [2.45, 2.75) is 13.3 Å². The number of nitriles is 2. The first-order valence-corrected chi connectivity index (χ1v) is 3.96. The quantitative estimate of drug-likeness (QED) is 0.581. The Bertz CT molecular complexity index is 195. The van der Waals surface area contributed by atoms with Crippen LogP contribution in [0, 0.1) is 22.7 Å². The Labute approximate surface area is 65.1 Å². The first kappa shape index (κ1) is 9.07. The molecular formula is C7H8N2S. The van der Waals surface area contributed by atoms with Crippen molar-refractivity contribution >= 4 is 11.8 Å². The second-order valence-electron chi connectivity index (χ2n) is 1.60. The van der Waals surface area contributed by atoms with Crippen molar-refractivity contribution in [2.75, 3.05) is 5.75 Å². The lowest BCUT2D eigenvalue weighted by Crippen LogP contribution is -1.75. The van der Waals surface area contributed by atoms with Crippen molar-refractivity contribution in [1.29, 1.82) is 10.5 Å². The first-order chi connectivity index (χ1) is 4.85. The van der Waals surface area contributed by atoms with Crippen LogP contribution in [0.2, 0.25) is 0 Å². The van der Waals surface area contributed by atoms with Gasteiger partial charge in [0, 0.05) is 6.08 Å². The molecule has 0 unspecified atom stereocenters. The zero-order chi connectivity index (χ0) is 7.82. The molecule has 3 heteroatoms. The van der Waals surface area contributed by atoms with Gasteiger partial charge in [0.15, 0.2) is 0 Å². The number of nitrogens with zero attached hydrogens (tertiary/aromatic N) is 2. The van der Waals surface area contributed by atoms with Crippen molar-refractivity contribution in [3.8, 4) is 12.1 Å². The van der Waals surface area contributed by atoms with Crippen LogP contribution in [0.1, 0.15) is 13.3 Å². The maximum atomic E-state index is 8.39. The van der Waals surface area contributed by atoms with Gasteiger partial charge in [-0.1, -0.05) is 6.92 Å². The Morgan fingerprint density at radius 2 is 2.30 bits per heavy atom. The minimum Gasteiger partial charge on any atom is -0.193 e. The summed E-state index contributed by atoms with van der Waals surface area (Å²) in [5.74, 6) is 0.904. The van der Waals surface area contributed by atoms with E-state index in [1.54, 1.807) is 0 Å². The molecule has 0 radical (unpaired) electrons. The molecule has 0 aliphatic carbocycles. The predicted molar refractivity (Wildman–Crippen MR) is 42.1 cm³/mol. The Hall–Kier alpha value is -0.930. The highest BCUT2D eigenvalue weighted by Gasteiger charge is 1.92. The summed E-state index contributed by atoms with van der Waals surface area (Å²) in [6, 6.07) is 3.76. The van der Waals surface area contributed by atoms with Crippen LogP contribution in [-0.2, 0) is 0 Å². The smallest absolute Gasteiger partial charge is 0.107 e. The molecule has 2 nitrogen and oxygen atoms in total. The van der Waals surface area contributed by atoms with Crippen molar-refractivity contribution in [2.24, 2.45) is 0 Å². The monoisotopic (exact) mass is 152 g/mol. The molecule has 0 amide bonds. The first-order valence-electron chi connectivity index (χ1n) is 2.97. The minimum absolute atomic E-state index is 0.504. The SMILES string of the molecule is CCCSC(C#N)=CC#N. The second-order valence-corrected chi connectivity index (χ2v) is 2.73. The summed E-state index contributed by atoms with van der Waals surface area (Å²) in [7, 11) is 0. The molecular weight excluding hydrogens is 144 g/mol. The Morgan fingerprint density at radius 1 is 1.60 bits per heavy atom. The van der Waals surface area contributed by atoms with E-state index in [0.717, 1.165) is 12.2 Å². The second kappa shape index (κ2) is 6.19. The van der Waals surface area contributed by atoms with Crippen LogP contribution >= 0.6 is 11.8 Å². The number of hydrogen-bond donors (Lipinski definition) is 0. The van der Waals surface area contributed by atoms with E-state index in [1.165, 1.54) is 17.8 Å². The Morgan fingerprint density at radius 3 is 2.70 bits per heavy atom. The van der Waals surface area contributed by atoms with Gasteiger partial charge in [0.25, 0.3) is 0 Å². The van der Waals surface area contributed by atoms with Gasteiger partial charge in [0.05, 0.1) is 11.0 Å². The number of thioether (sulfide) groups is 1. The van der Waals surface area contributed by atoms with Crippen molar-refractivity contribution < 1.29 is 0 Å². The van der Waals surface area contributed by atoms with Crippen LogP contribution in [0.25, 0.3) is 0 Å². The highest BCUT2D eigenvalue weighted by Crippen LogP contribution is 2.14. The largest absolute Gasteiger partial charge is 0.193 e. The maximum absolute atomic E-state index is 8.39. The van der Waals surface area contributed by atoms with Gasteiger partial charge in [-0.3, -0.25) is 0 Å². The van der Waals surface area contributed by atoms with Gasteiger partial charge in [-0.25, -0.2) is 0 Å². The van der Waals surface area contributed by atoms with Gasteiger partial charge >= 0.3 is 0 Å². The molecule has 0 saturated carbocycles. The van der Waals surface area contributed by atoms with E-state index in [9.17, 15) is 0 Å². The summed E-state index contributed by atoms with van der Waals surface area (Å²) in [4.78, 5) is 0.504. The molecule has 0 fully saturated rings. The molecule has 0 bridgehead atoms. The summed E-state index contributed by atoms with van der Waals surface area (Å²) in [5.41, 5.74) is 0. The molecule has 0 N–H and O–H groups in total. The third kappa shape index (κ3) is 4.00. The fourth-order valence-corrected chi connectivity index (χ4v) is 1.00. The van der Waals surface area contributed by atoms with Crippen LogP contribution in [0.3, 0.4) is 0 Å². The molecule has 0 aliphatic heterocycles. The molecule has 0 aliphatic rings. The van der Waals surface area contributed by atoms with Gasteiger partial charge in [-0.15, -0.1) is 11.8 Å². The summed E-state index contributed by atoms with van der Waals surface area (Å²) < 4.78 is 0. The van der Waals surface area contributed by atoms with Gasteiger partial charge < -0.3 is 0 Å². The van der Waals surface area contributed by atoms with E-state index in [1.807, 2.05) is 19.1 Å². The van der Waals surface area contributed by atoms with E-state index in [0.29, 0.717) is 4.91 Å². The average molecular weight is 152 g/mol. The lowest BCUT2D eigenvalue weighted by Gasteiger charge is -1.90. The van der Waals surface area contributed by atoms with E-state index >= 15 is 0 Å². The van der Waals surface area contributed by atoms with Crippen LogP contribution in [-0.4, -0.2) is 5.75 Å².